The van der Waals surface area contributed by atoms with Crippen LogP contribution in [-0.4, -0.2) is 0 Å². The summed E-state index contributed by atoms with van der Waals surface area (Å²) in [6.07, 6.45) is 0. The van der Waals surface area contributed by atoms with Crippen molar-refractivity contribution in [3.05, 3.63) is 54.1 Å². The lowest BCUT2D eigenvalue weighted by atomic mass is 10.0. The topological polar surface area (TPSA) is 0 Å². The minimum absolute atomic E-state index is 0. The number of halogens is 2. The molecule has 0 N–H and O–H groups in total. The van der Waals surface area contributed by atoms with Gasteiger partial charge in [-0.1, -0.05) is 48.5 Å². The van der Waals surface area contributed by atoms with Gasteiger partial charge in [0.1, 0.15) is 0 Å². The van der Waals surface area contributed by atoms with Crippen molar-refractivity contribution >= 4 is 39.4 Å². The Morgan fingerprint density at radius 2 is 1.25 bits per heavy atom. The van der Waals surface area contributed by atoms with Gasteiger partial charge in [-0.15, -0.1) is 34.1 Å². The van der Waals surface area contributed by atoms with E-state index in [2.05, 4.69) is 64.7 Å². The molecule has 1 unspecified atom stereocenters. The minimum atomic E-state index is 0. The number of aryl methyl sites for hydroxylation is 1. The molecular formula is C13H15Cl2P. The van der Waals surface area contributed by atoms with Gasteiger partial charge in [-0.25, -0.2) is 0 Å². The van der Waals surface area contributed by atoms with Crippen LogP contribution in [0.25, 0.3) is 11.1 Å². The summed E-state index contributed by atoms with van der Waals surface area (Å²) in [6, 6.07) is 16.9. The van der Waals surface area contributed by atoms with E-state index in [-0.39, 0.29) is 24.8 Å². The first kappa shape index (κ1) is 15.5. The highest BCUT2D eigenvalue weighted by Crippen LogP contribution is 2.22. The van der Waals surface area contributed by atoms with E-state index >= 15 is 0 Å². The van der Waals surface area contributed by atoms with Gasteiger partial charge in [0, 0.05) is 0 Å². The smallest absolute Gasteiger partial charge is 0.0110 e. The van der Waals surface area contributed by atoms with E-state index in [0.717, 1.165) is 0 Å². The predicted octanol–water partition coefficient (Wildman–Crippen LogP) is 4.01. The molecule has 3 heteroatoms. The Morgan fingerprint density at radius 3 is 1.81 bits per heavy atom. The Morgan fingerprint density at radius 1 is 0.750 bits per heavy atom. The Hall–Kier alpha value is -0.550. The van der Waals surface area contributed by atoms with Crippen LogP contribution in [0.4, 0.5) is 0 Å². The molecule has 0 aromatic heterocycles. The van der Waals surface area contributed by atoms with Gasteiger partial charge in [-0.3, -0.25) is 0 Å². The summed E-state index contributed by atoms with van der Waals surface area (Å²) in [6.45, 7) is 2.15. The second-order valence-corrected chi connectivity index (χ2v) is 4.02. The fourth-order valence-electron chi connectivity index (χ4n) is 1.62. The van der Waals surface area contributed by atoms with E-state index in [0.29, 0.717) is 0 Å². The fourth-order valence-corrected chi connectivity index (χ4v) is 1.98. The molecule has 0 saturated carbocycles. The predicted molar refractivity (Wildman–Crippen MR) is 80.5 cm³/mol. The fraction of sp³-hybridized carbons (Fsp3) is 0.0769. The average molecular weight is 273 g/mol. The van der Waals surface area contributed by atoms with Crippen LogP contribution in [-0.2, 0) is 0 Å². The second-order valence-electron chi connectivity index (χ2n) is 3.40. The van der Waals surface area contributed by atoms with Crippen molar-refractivity contribution < 1.29 is 0 Å². The van der Waals surface area contributed by atoms with Crippen LogP contribution in [0, 0.1) is 6.92 Å². The Balaban J connectivity index is 0.00000112. The van der Waals surface area contributed by atoms with Crippen molar-refractivity contribution in [2.75, 3.05) is 0 Å². The standard InChI is InChI=1S/C13H13P.2ClH/c1-10-6-2-3-7-11(10)12-8-4-5-9-13(12)14;;/h2-9H,14H2,1H3;2*1H. The number of benzene rings is 2. The highest BCUT2D eigenvalue weighted by atomic mass is 35.5. The molecule has 2 aromatic rings. The van der Waals surface area contributed by atoms with Crippen molar-refractivity contribution in [3.8, 4) is 11.1 Å². The van der Waals surface area contributed by atoms with Crippen molar-refractivity contribution in [1.29, 1.82) is 0 Å². The first-order valence-electron chi connectivity index (χ1n) is 4.69. The summed E-state index contributed by atoms with van der Waals surface area (Å²) < 4.78 is 0. The first-order chi connectivity index (χ1) is 6.79. The lowest BCUT2D eigenvalue weighted by Crippen LogP contribution is -1.96. The zero-order valence-electron chi connectivity index (χ0n) is 9.01. The lowest BCUT2D eigenvalue weighted by molar-refractivity contribution is 1.47. The van der Waals surface area contributed by atoms with E-state index in [1.165, 1.54) is 22.0 Å². The molecule has 2 aromatic carbocycles. The maximum atomic E-state index is 2.78. The van der Waals surface area contributed by atoms with Crippen LogP contribution in [0.5, 0.6) is 0 Å². The van der Waals surface area contributed by atoms with E-state index in [1.54, 1.807) is 0 Å². The van der Waals surface area contributed by atoms with Gasteiger partial charge in [0.2, 0.25) is 0 Å². The maximum absolute atomic E-state index is 2.78. The van der Waals surface area contributed by atoms with Crippen molar-refractivity contribution in [2.24, 2.45) is 0 Å². The SMILES string of the molecule is Cc1ccccc1-c1ccccc1P.Cl.Cl. The molecule has 16 heavy (non-hydrogen) atoms. The van der Waals surface area contributed by atoms with Gasteiger partial charge in [-0.2, -0.15) is 0 Å². The van der Waals surface area contributed by atoms with Crippen LogP contribution in [0.3, 0.4) is 0 Å². The molecular weight excluding hydrogens is 258 g/mol. The van der Waals surface area contributed by atoms with Crippen LogP contribution in [0.2, 0.25) is 0 Å². The van der Waals surface area contributed by atoms with Crippen molar-refractivity contribution in [2.45, 2.75) is 6.92 Å². The quantitative estimate of drug-likeness (QED) is 0.689. The molecule has 86 valence electrons. The number of hydrogen-bond acceptors (Lipinski definition) is 0. The van der Waals surface area contributed by atoms with E-state index in [9.17, 15) is 0 Å². The highest BCUT2D eigenvalue weighted by molar-refractivity contribution is 7.28. The van der Waals surface area contributed by atoms with Gasteiger partial charge in [-0.05, 0) is 28.9 Å². The Kier molecular flexibility index (Phi) is 6.67. The van der Waals surface area contributed by atoms with Gasteiger partial charge in [0.05, 0.1) is 0 Å². The van der Waals surface area contributed by atoms with Gasteiger partial charge >= 0.3 is 0 Å². The Bertz CT molecular complexity index is 412. The van der Waals surface area contributed by atoms with Crippen molar-refractivity contribution in [1.82, 2.24) is 0 Å². The summed E-state index contributed by atoms with van der Waals surface area (Å²) in [4.78, 5) is 0. The average Bonchev–Trinajstić information content (AvgIpc) is 2.20. The van der Waals surface area contributed by atoms with Crippen LogP contribution >= 0.6 is 34.1 Å². The van der Waals surface area contributed by atoms with Gasteiger partial charge in [0.25, 0.3) is 0 Å². The van der Waals surface area contributed by atoms with Crippen LogP contribution in [0.15, 0.2) is 48.5 Å². The molecule has 0 nitrogen and oxygen atoms in total. The molecule has 0 heterocycles. The lowest BCUT2D eigenvalue weighted by Gasteiger charge is -2.08. The number of rotatable bonds is 1. The third-order valence-corrected chi connectivity index (χ3v) is 2.90. The largest absolute Gasteiger partial charge is 0.147 e. The second kappa shape index (κ2) is 6.91. The molecule has 0 amide bonds. The molecule has 1 atom stereocenters. The zero-order chi connectivity index (χ0) is 9.97. The third kappa shape index (κ3) is 3.22. The van der Waals surface area contributed by atoms with E-state index < -0.39 is 0 Å². The van der Waals surface area contributed by atoms with Crippen LogP contribution < -0.4 is 5.30 Å². The highest BCUT2D eigenvalue weighted by Gasteiger charge is 2.02. The number of hydrogen-bond donors (Lipinski definition) is 0. The summed E-state index contributed by atoms with van der Waals surface area (Å²) >= 11 is 0. The van der Waals surface area contributed by atoms with Gasteiger partial charge < -0.3 is 0 Å². The maximum Gasteiger partial charge on any atom is -0.0110 e. The van der Waals surface area contributed by atoms with Gasteiger partial charge in [0.15, 0.2) is 0 Å². The molecule has 2 rings (SSSR count). The van der Waals surface area contributed by atoms with E-state index in [1.807, 2.05) is 0 Å². The summed E-state index contributed by atoms with van der Waals surface area (Å²) in [5.41, 5.74) is 3.94. The molecule has 0 fully saturated rings. The zero-order valence-corrected chi connectivity index (χ0v) is 11.8. The van der Waals surface area contributed by atoms with E-state index in [4.69, 9.17) is 0 Å². The normalized spacial score (nSPS) is 8.88. The van der Waals surface area contributed by atoms with Crippen molar-refractivity contribution in [3.63, 3.8) is 0 Å². The molecule has 0 radical (unpaired) electrons. The monoisotopic (exact) mass is 272 g/mol. The summed E-state index contributed by atoms with van der Waals surface area (Å²) in [5.74, 6) is 0. The summed E-state index contributed by atoms with van der Waals surface area (Å²) in [5, 5.41) is 1.25. The summed E-state index contributed by atoms with van der Waals surface area (Å²) in [7, 11) is 2.78. The third-order valence-electron chi connectivity index (χ3n) is 2.40. The molecule has 0 saturated heterocycles. The molecule has 0 aliphatic rings. The molecule has 0 aliphatic heterocycles. The molecule has 0 bridgehead atoms. The first-order valence-corrected chi connectivity index (χ1v) is 5.27. The molecule has 0 spiro atoms. The minimum Gasteiger partial charge on any atom is -0.147 e. The van der Waals surface area contributed by atoms with Crippen LogP contribution in [0.1, 0.15) is 5.56 Å². The Labute approximate surface area is 111 Å². The molecule has 0 aliphatic carbocycles.